The topological polar surface area (TPSA) is 45.8 Å². The van der Waals surface area contributed by atoms with E-state index in [-0.39, 0.29) is 21.3 Å². The van der Waals surface area contributed by atoms with Gasteiger partial charge in [0.05, 0.1) is 43.2 Å². The smallest absolute Gasteiger partial charge is 0.276 e. The van der Waals surface area contributed by atoms with Crippen LogP contribution < -0.4 is 0 Å². The van der Waals surface area contributed by atoms with Crippen LogP contribution in [0.5, 0.6) is 0 Å². The predicted molar refractivity (Wildman–Crippen MR) is 71.4 cm³/mol. The molecule has 108 valence electrons. The first-order chi connectivity index (χ1) is 9.21. The highest BCUT2D eigenvalue weighted by Crippen LogP contribution is 2.41. The molecule has 1 aromatic carbocycles. The molecule has 0 aliphatic carbocycles. The fraction of sp³-hybridized carbons (Fsp3) is 0.182. The van der Waals surface area contributed by atoms with E-state index < -0.39 is 22.5 Å². The summed E-state index contributed by atoms with van der Waals surface area (Å²) in [4.78, 5) is 0.313. The van der Waals surface area contributed by atoms with Crippen LogP contribution in [-0.4, -0.2) is 20.7 Å². The van der Waals surface area contributed by atoms with Crippen LogP contribution in [0.2, 0.25) is 10.0 Å². The van der Waals surface area contributed by atoms with Crippen molar-refractivity contribution in [1.29, 1.82) is 0 Å². The van der Waals surface area contributed by atoms with Gasteiger partial charge in [-0.2, -0.15) is 18.3 Å². The van der Waals surface area contributed by atoms with Crippen LogP contribution >= 0.6 is 23.2 Å². The Labute approximate surface area is 124 Å². The maximum absolute atomic E-state index is 12.6. The van der Waals surface area contributed by atoms with E-state index in [0.29, 0.717) is 4.90 Å². The summed E-state index contributed by atoms with van der Waals surface area (Å²) in [6.45, 7) is 0. The van der Waals surface area contributed by atoms with Crippen molar-refractivity contribution in [3.8, 4) is 11.3 Å². The van der Waals surface area contributed by atoms with Gasteiger partial charge in [0, 0.05) is 11.8 Å². The summed E-state index contributed by atoms with van der Waals surface area (Å²) in [5.74, 6) is 0. The average Bonchev–Trinajstić information content (AvgIpc) is 2.75. The Hall–Kier alpha value is -1.05. The number of alkyl halides is 3. The summed E-state index contributed by atoms with van der Waals surface area (Å²) < 4.78 is 49.5. The van der Waals surface area contributed by atoms with Crippen molar-refractivity contribution < 1.29 is 17.4 Å². The number of nitrogens with zero attached hydrogens (tertiary/aromatic N) is 1. The van der Waals surface area contributed by atoms with E-state index in [1.165, 1.54) is 12.5 Å². The molecule has 0 radical (unpaired) electrons. The van der Waals surface area contributed by atoms with Crippen molar-refractivity contribution in [2.45, 2.75) is 11.1 Å². The largest absolute Gasteiger partial charge is 0.416 e. The number of benzene rings is 1. The Bertz CT molecular complexity index is 662. The van der Waals surface area contributed by atoms with Crippen LogP contribution in [0, 0.1) is 0 Å². The van der Waals surface area contributed by atoms with E-state index in [1.807, 2.05) is 0 Å². The monoisotopic (exact) mass is 342 g/mol. The Morgan fingerprint density at radius 1 is 1.25 bits per heavy atom. The summed E-state index contributed by atoms with van der Waals surface area (Å²) in [5.41, 5.74) is -0.562. The van der Waals surface area contributed by atoms with E-state index in [0.717, 1.165) is 12.1 Å². The van der Waals surface area contributed by atoms with Gasteiger partial charge >= 0.3 is 6.18 Å². The molecule has 1 heterocycles. The molecule has 0 fully saturated rings. The first-order valence-electron chi connectivity index (χ1n) is 5.15. The lowest BCUT2D eigenvalue weighted by Crippen LogP contribution is -2.05. The van der Waals surface area contributed by atoms with Crippen LogP contribution in [0.15, 0.2) is 23.2 Å². The van der Waals surface area contributed by atoms with Gasteiger partial charge in [0.25, 0.3) is 0 Å². The third-order valence-corrected chi connectivity index (χ3v) is 4.06. The number of hydrogen-bond acceptors (Lipinski definition) is 2. The maximum Gasteiger partial charge on any atom is 0.416 e. The minimum absolute atomic E-state index is 0.143. The molecule has 1 unspecified atom stereocenters. The zero-order valence-electron chi connectivity index (χ0n) is 9.89. The Kier molecular flexibility index (Phi) is 4.13. The van der Waals surface area contributed by atoms with E-state index in [4.69, 9.17) is 23.2 Å². The Morgan fingerprint density at radius 2 is 1.80 bits per heavy atom. The van der Waals surface area contributed by atoms with Crippen LogP contribution in [-0.2, 0) is 17.0 Å². The zero-order chi connectivity index (χ0) is 15.1. The third kappa shape index (κ3) is 2.84. The standard InChI is InChI=1S/C11H7Cl2F3N2OS/c1-20(19)8-4-17-18-10(8)9-6(12)2-5(3-7(9)13)11(14,15)16/h2-4H,1H3,(H,17,18). The molecular weight excluding hydrogens is 336 g/mol. The molecule has 0 bridgehead atoms. The summed E-state index contributed by atoms with van der Waals surface area (Å²) >= 11 is 11.8. The number of halogens is 5. The van der Waals surface area contributed by atoms with E-state index >= 15 is 0 Å². The lowest BCUT2D eigenvalue weighted by atomic mass is 10.1. The lowest BCUT2D eigenvalue weighted by molar-refractivity contribution is -0.137. The second-order valence-corrected chi connectivity index (χ2v) is 6.04. The number of aromatic amines is 1. The molecule has 3 nitrogen and oxygen atoms in total. The molecule has 0 aliphatic heterocycles. The van der Waals surface area contributed by atoms with Gasteiger partial charge in [-0.15, -0.1) is 0 Å². The van der Waals surface area contributed by atoms with Crippen molar-refractivity contribution in [2.24, 2.45) is 0 Å². The molecule has 0 aliphatic rings. The van der Waals surface area contributed by atoms with Crippen molar-refractivity contribution in [3.05, 3.63) is 33.9 Å². The molecule has 0 spiro atoms. The van der Waals surface area contributed by atoms with Gasteiger partial charge in [0.15, 0.2) is 0 Å². The van der Waals surface area contributed by atoms with Crippen molar-refractivity contribution in [1.82, 2.24) is 10.2 Å². The molecule has 1 atom stereocenters. The van der Waals surface area contributed by atoms with Gasteiger partial charge in [0.1, 0.15) is 0 Å². The number of nitrogens with one attached hydrogen (secondary N) is 1. The van der Waals surface area contributed by atoms with Gasteiger partial charge in [-0.05, 0) is 12.1 Å². The molecule has 0 amide bonds. The third-order valence-electron chi connectivity index (χ3n) is 2.53. The molecule has 0 saturated carbocycles. The molecule has 9 heteroatoms. The van der Waals surface area contributed by atoms with Crippen molar-refractivity contribution in [2.75, 3.05) is 6.26 Å². The SMILES string of the molecule is CS(=O)c1cn[nH]c1-c1c(Cl)cc(C(F)(F)F)cc1Cl. The average molecular weight is 343 g/mol. The number of hydrogen-bond donors (Lipinski definition) is 1. The normalized spacial score (nSPS) is 13.5. The summed E-state index contributed by atoms with van der Waals surface area (Å²) in [7, 11) is -1.38. The molecular formula is C11H7Cl2F3N2OS. The maximum atomic E-state index is 12.6. The first-order valence-corrected chi connectivity index (χ1v) is 7.46. The minimum Gasteiger partial charge on any atom is -0.276 e. The summed E-state index contributed by atoms with van der Waals surface area (Å²) in [5, 5.41) is 5.88. The second-order valence-electron chi connectivity index (χ2n) is 3.88. The van der Waals surface area contributed by atoms with Crippen LogP contribution in [0.1, 0.15) is 5.56 Å². The van der Waals surface area contributed by atoms with Crippen LogP contribution in [0.4, 0.5) is 13.2 Å². The van der Waals surface area contributed by atoms with Gasteiger partial charge in [0.2, 0.25) is 0 Å². The fourth-order valence-corrected chi connectivity index (χ4v) is 2.96. The number of H-pyrrole nitrogens is 1. The van der Waals surface area contributed by atoms with E-state index in [1.54, 1.807) is 0 Å². The summed E-state index contributed by atoms with van der Waals surface area (Å²) in [6, 6.07) is 1.54. The molecule has 0 saturated heterocycles. The highest BCUT2D eigenvalue weighted by atomic mass is 35.5. The highest BCUT2D eigenvalue weighted by Gasteiger charge is 2.32. The Morgan fingerprint density at radius 3 is 2.25 bits per heavy atom. The molecule has 1 N–H and O–H groups in total. The second kappa shape index (κ2) is 5.38. The minimum atomic E-state index is -4.55. The number of aromatic nitrogens is 2. The predicted octanol–water partition coefficient (Wildman–Crippen LogP) is 4.14. The van der Waals surface area contributed by atoms with E-state index in [2.05, 4.69) is 10.2 Å². The molecule has 2 rings (SSSR count). The van der Waals surface area contributed by atoms with Gasteiger partial charge < -0.3 is 0 Å². The van der Waals surface area contributed by atoms with Crippen LogP contribution in [0.3, 0.4) is 0 Å². The fourth-order valence-electron chi connectivity index (χ4n) is 1.65. The van der Waals surface area contributed by atoms with Crippen molar-refractivity contribution >= 4 is 34.0 Å². The number of rotatable bonds is 2. The van der Waals surface area contributed by atoms with E-state index in [9.17, 15) is 17.4 Å². The lowest BCUT2D eigenvalue weighted by Gasteiger charge is -2.12. The first kappa shape index (κ1) is 15.3. The van der Waals surface area contributed by atoms with Gasteiger partial charge in [-0.3, -0.25) is 9.31 Å². The highest BCUT2D eigenvalue weighted by molar-refractivity contribution is 7.84. The molecule has 1 aromatic heterocycles. The molecule has 20 heavy (non-hydrogen) atoms. The van der Waals surface area contributed by atoms with Crippen molar-refractivity contribution in [3.63, 3.8) is 0 Å². The Balaban J connectivity index is 2.65. The molecule has 2 aromatic rings. The van der Waals surface area contributed by atoms with Gasteiger partial charge in [-0.25, -0.2) is 0 Å². The quantitative estimate of drug-likeness (QED) is 0.891. The summed E-state index contributed by atoms with van der Waals surface area (Å²) in [6.07, 6.45) is -1.81. The van der Waals surface area contributed by atoms with Gasteiger partial charge in [-0.1, -0.05) is 23.2 Å². The zero-order valence-corrected chi connectivity index (χ0v) is 12.2. The van der Waals surface area contributed by atoms with Crippen LogP contribution in [0.25, 0.3) is 11.3 Å².